The Labute approximate surface area is 175 Å². The normalized spacial score (nSPS) is 14.9. The van der Waals surface area contributed by atoms with Gasteiger partial charge in [-0.2, -0.15) is 0 Å². The third-order valence-corrected chi connectivity index (χ3v) is 5.17. The lowest BCUT2D eigenvalue weighted by molar-refractivity contribution is -0.127. The summed E-state index contributed by atoms with van der Waals surface area (Å²) in [5.41, 5.74) is 4.20. The summed E-state index contributed by atoms with van der Waals surface area (Å²) in [6, 6.07) is 23.5. The van der Waals surface area contributed by atoms with Crippen molar-refractivity contribution in [2.24, 2.45) is 0 Å². The summed E-state index contributed by atoms with van der Waals surface area (Å²) >= 11 is 6.02. The molecule has 1 aliphatic rings. The largest absolute Gasteiger partial charge is 0.480 e. The van der Waals surface area contributed by atoms with E-state index in [-0.39, 0.29) is 5.91 Å². The van der Waals surface area contributed by atoms with E-state index < -0.39 is 6.10 Å². The predicted molar refractivity (Wildman–Crippen MR) is 113 cm³/mol. The van der Waals surface area contributed by atoms with Crippen LogP contribution in [-0.2, 0) is 35.7 Å². The summed E-state index contributed by atoms with van der Waals surface area (Å²) in [5, 5.41) is 3.64. The monoisotopic (exact) mass is 407 g/mol. The average molecular weight is 408 g/mol. The minimum Gasteiger partial charge on any atom is -0.480 e. The van der Waals surface area contributed by atoms with Gasteiger partial charge in [0.2, 0.25) is 0 Å². The second-order valence-corrected chi connectivity index (χ2v) is 7.46. The number of halogens is 1. The Bertz CT molecular complexity index is 990. The van der Waals surface area contributed by atoms with Crippen molar-refractivity contribution in [1.82, 2.24) is 5.32 Å². The molecule has 0 fully saturated rings. The van der Waals surface area contributed by atoms with Gasteiger partial charge in [-0.3, -0.25) is 4.79 Å². The number of carbonyl (C=O) groups is 1. The summed E-state index contributed by atoms with van der Waals surface area (Å²) in [6.07, 6.45) is 0.00812. The summed E-state index contributed by atoms with van der Waals surface area (Å²) < 4.78 is 11.6. The SMILES string of the molecule is O=C(NCc1ccccc1COCc1ccccc1)C1Cc2cc(Cl)ccc2O1. The Hall–Kier alpha value is -2.82. The molecule has 0 radical (unpaired) electrons. The van der Waals surface area contributed by atoms with Crippen molar-refractivity contribution in [2.45, 2.75) is 32.3 Å². The van der Waals surface area contributed by atoms with Crippen LogP contribution < -0.4 is 10.1 Å². The molecule has 4 nitrogen and oxygen atoms in total. The van der Waals surface area contributed by atoms with E-state index >= 15 is 0 Å². The first kappa shape index (κ1) is 19.5. The second kappa shape index (κ2) is 9.12. The highest BCUT2D eigenvalue weighted by Crippen LogP contribution is 2.31. The molecule has 0 saturated heterocycles. The zero-order valence-electron chi connectivity index (χ0n) is 15.9. The Balaban J connectivity index is 1.31. The molecule has 1 aliphatic heterocycles. The quantitative estimate of drug-likeness (QED) is 0.618. The zero-order valence-corrected chi connectivity index (χ0v) is 16.7. The molecule has 1 atom stereocenters. The van der Waals surface area contributed by atoms with Crippen molar-refractivity contribution in [1.29, 1.82) is 0 Å². The lowest BCUT2D eigenvalue weighted by Crippen LogP contribution is -2.37. The minimum absolute atomic E-state index is 0.127. The molecule has 148 valence electrons. The van der Waals surface area contributed by atoms with Crippen LogP contribution in [-0.4, -0.2) is 12.0 Å². The number of nitrogens with one attached hydrogen (secondary N) is 1. The molecule has 5 heteroatoms. The summed E-state index contributed by atoms with van der Waals surface area (Å²) in [7, 11) is 0. The van der Waals surface area contributed by atoms with Crippen LogP contribution in [0.1, 0.15) is 22.3 Å². The molecule has 1 heterocycles. The molecule has 4 rings (SSSR count). The molecule has 0 aromatic heterocycles. The molecule has 0 aliphatic carbocycles. The van der Waals surface area contributed by atoms with E-state index in [2.05, 4.69) is 5.32 Å². The van der Waals surface area contributed by atoms with E-state index in [0.29, 0.717) is 31.2 Å². The van der Waals surface area contributed by atoms with Crippen molar-refractivity contribution >= 4 is 17.5 Å². The van der Waals surface area contributed by atoms with Gasteiger partial charge in [0.25, 0.3) is 5.91 Å². The number of amides is 1. The highest BCUT2D eigenvalue weighted by Gasteiger charge is 2.29. The predicted octanol–water partition coefficient (Wildman–Crippen LogP) is 4.68. The van der Waals surface area contributed by atoms with Crippen LogP contribution in [0.2, 0.25) is 5.02 Å². The van der Waals surface area contributed by atoms with E-state index in [0.717, 1.165) is 28.0 Å². The van der Waals surface area contributed by atoms with Gasteiger partial charge >= 0.3 is 0 Å². The van der Waals surface area contributed by atoms with E-state index in [1.807, 2.05) is 66.7 Å². The summed E-state index contributed by atoms with van der Waals surface area (Å²) in [6.45, 7) is 1.48. The molecular formula is C24H22ClNO3. The molecule has 3 aromatic rings. The third kappa shape index (κ3) is 4.97. The molecule has 1 N–H and O–H groups in total. The van der Waals surface area contributed by atoms with Gasteiger partial charge in [-0.05, 0) is 40.5 Å². The van der Waals surface area contributed by atoms with Crippen LogP contribution in [0.5, 0.6) is 5.75 Å². The van der Waals surface area contributed by atoms with Gasteiger partial charge in [0.1, 0.15) is 5.75 Å². The lowest BCUT2D eigenvalue weighted by atomic mass is 10.1. The average Bonchev–Trinajstić information content (AvgIpc) is 3.17. The second-order valence-electron chi connectivity index (χ2n) is 7.03. The number of fused-ring (bicyclic) bond motifs is 1. The van der Waals surface area contributed by atoms with Crippen LogP contribution in [0.25, 0.3) is 0 Å². The first-order valence-corrected chi connectivity index (χ1v) is 9.98. The van der Waals surface area contributed by atoms with E-state index in [1.54, 1.807) is 6.07 Å². The first-order chi connectivity index (χ1) is 14.2. The van der Waals surface area contributed by atoms with Gasteiger partial charge in [0, 0.05) is 18.0 Å². The van der Waals surface area contributed by atoms with Crippen molar-refractivity contribution < 1.29 is 14.3 Å². The van der Waals surface area contributed by atoms with Crippen molar-refractivity contribution in [3.8, 4) is 5.75 Å². The number of rotatable bonds is 7. The van der Waals surface area contributed by atoms with Gasteiger partial charge in [0.05, 0.1) is 13.2 Å². The van der Waals surface area contributed by atoms with E-state index in [4.69, 9.17) is 21.1 Å². The smallest absolute Gasteiger partial charge is 0.261 e. The lowest BCUT2D eigenvalue weighted by Gasteiger charge is -2.14. The van der Waals surface area contributed by atoms with Crippen molar-refractivity contribution in [2.75, 3.05) is 0 Å². The maximum Gasteiger partial charge on any atom is 0.261 e. The Morgan fingerprint density at radius 2 is 1.76 bits per heavy atom. The molecule has 1 amide bonds. The minimum atomic E-state index is -0.523. The van der Waals surface area contributed by atoms with Crippen molar-refractivity contribution in [3.05, 3.63) is 100 Å². The highest BCUT2D eigenvalue weighted by molar-refractivity contribution is 6.30. The Morgan fingerprint density at radius 3 is 2.59 bits per heavy atom. The van der Waals surface area contributed by atoms with Crippen LogP contribution in [0.4, 0.5) is 0 Å². The summed E-state index contributed by atoms with van der Waals surface area (Å²) in [5.74, 6) is 0.599. The maximum absolute atomic E-state index is 12.6. The van der Waals surface area contributed by atoms with Crippen LogP contribution >= 0.6 is 11.6 Å². The Morgan fingerprint density at radius 1 is 1.00 bits per heavy atom. The zero-order chi connectivity index (χ0) is 20.1. The van der Waals surface area contributed by atoms with Gasteiger partial charge in [-0.15, -0.1) is 0 Å². The van der Waals surface area contributed by atoms with Gasteiger partial charge in [-0.1, -0.05) is 66.2 Å². The molecule has 29 heavy (non-hydrogen) atoms. The van der Waals surface area contributed by atoms with E-state index in [9.17, 15) is 4.79 Å². The van der Waals surface area contributed by atoms with Crippen molar-refractivity contribution in [3.63, 3.8) is 0 Å². The maximum atomic E-state index is 12.6. The molecule has 1 unspecified atom stereocenters. The van der Waals surface area contributed by atoms with Gasteiger partial charge in [0.15, 0.2) is 6.10 Å². The van der Waals surface area contributed by atoms with Gasteiger partial charge < -0.3 is 14.8 Å². The van der Waals surface area contributed by atoms with Crippen LogP contribution in [0.15, 0.2) is 72.8 Å². The Kier molecular flexibility index (Phi) is 6.13. The number of hydrogen-bond acceptors (Lipinski definition) is 3. The third-order valence-electron chi connectivity index (χ3n) is 4.93. The molecule has 0 spiro atoms. The number of hydrogen-bond donors (Lipinski definition) is 1. The van der Waals surface area contributed by atoms with Gasteiger partial charge in [-0.25, -0.2) is 0 Å². The van der Waals surface area contributed by atoms with Crippen LogP contribution in [0.3, 0.4) is 0 Å². The fraction of sp³-hybridized carbons (Fsp3) is 0.208. The number of carbonyl (C=O) groups excluding carboxylic acids is 1. The topological polar surface area (TPSA) is 47.6 Å². The summed E-state index contributed by atoms with van der Waals surface area (Å²) in [4.78, 5) is 12.6. The van der Waals surface area contributed by atoms with Crippen LogP contribution in [0, 0.1) is 0 Å². The number of ether oxygens (including phenoxy) is 2. The fourth-order valence-corrected chi connectivity index (χ4v) is 3.58. The molecule has 3 aromatic carbocycles. The highest BCUT2D eigenvalue weighted by atomic mass is 35.5. The molecular weight excluding hydrogens is 386 g/mol. The molecule has 0 saturated carbocycles. The first-order valence-electron chi connectivity index (χ1n) is 9.60. The molecule has 0 bridgehead atoms. The number of benzene rings is 3. The standard InChI is InChI=1S/C24H22ClNO3/c25-21-10-11-22-20(12-21)13-23(29-22)24(27)26-14-18-8-4-5-9-19(18)16-28-15-17-6-2-1-3-7-17/h1-12,23H,13-16H2,(H,26,27). The van der Waals surface area contributed by atoms with E-state index in [1.165, 1.54) is 0 Å². The fourth-order valence-electron chi connectivity index (χ4n) is 3.38.